The van der Waals surface area contributed by atoms with Crippen molar-refractivity contribution >= 4 is 17.3 Å². The lowest BCUT2D eigenvalue weighted by Crippen LogP contribution is -2.18. The molecular weight excluding hydrogens is 216 g/mol. The fourth-order valence-corrected chi connectivity index (χ4v) is 1.64. The first-order valence-electron chi connectivity index (χ1n) is 5.68. The highest BCUT2D eigenvalue weighted by atomic mass is 16.5. The van der Waals surface area contributed by atoms with E-state index in [0.717, 1.165) is 11.3 Å². The maximum absolute atomic E-state index is 11.8. The summed E-state index contributed by atoms with van der Waals surface area (Å²) in [6, 6.07) is 5.48. The molecule has 0 spiro atoms. The van der Waals surface area contributed by atoms with Gasteiger partial charge < -0.3 is 15.8 Å². The zero-order valence-electron chi connectivity index (χ0n) is 10.6. The minimum atomic E-state index is -0.0109. The van der Waals surface area contributed by atoms with Gasteiger partial charge in [-0.05, 0) is 30.5 Å². The van der Waals surface area contributed by atoms with Gasteiger partial charge in [0.15, 0.2) is 0 Å². The molecule has 17 heavy (non-hydrogen) atoms. The molecule has 0 saturated carbocycles. The summed E-state index contributed by atoms with van der Waals surface area (Å²) in [6.07, 6.45) is 0.447. The molecule has 0 radical (unpaired) electrons. The van der Waals surface area contributed by atoms with E-state index in [9.17, 15) is 4.79 Å². The second-order valence-corrected chi connectivity index (χ2v) is 4.39. The van der Waals surface area contributed by atoms with Gasteiger partial charge in [-0.25, -0.2) is 0 Å². The van der Waals surface area contributed by atoms with Crippen molar-refractivity contribution in [1.29, 1.82) is 0 Å². The maximum Gasteiger partial charge on any atom is 0.224 e. The van der Waals surface area contributed by atoms with Crippen LogP contribution in [0, 0.1) is 12.8 Å². The third-order valence-corrected chi connectivity index (χ3v) is 2.52. The Morgan fingerprint density at radius 1 is 1.53 bits per heavy atom. The Kier molecular flexibility index (Phi) is 4.97. The van der Waals surface area contributed by atoms with E-state index in [1.54, 1.807) is 13.2 Å². The van der Waals surface area contributed by atoms with Crippen molar-refractivity contribution in [3.8, 4) is 0 Å². The predicted molar refractivity (Wildman–Crippen MR) is 69.9 cm³/mol. The van der Waals surface area contributed by atoms with Gasteiger partial charge in [0.2, 0.25) is 5.91 Å². The van der Waals surface area contributed by atoms with E-state index in [1.807, 2.05) is 26.0 Å². The van der Waals surface area contributed by atoms with Crippen LogP contribution in [0.1, 0.15) is 18.9 Å². The molecule has 0 aromatic heterocycles. The van der Waals surface area contributed by atoms with Crippen molar-refractivity contribution in [3.63, 3.8) is 0 Å². The third-order valence-electron chi connectivity index (χ3n) is 2.52. The van der Waals surface area contributed by atoms with Gasteiger partial charge in [0, 0.05) is 31.5 Å². The number of carbonyl (C=O) groups excluding carboxylic acids is 1. The number of hydrogen-bond donors (Lipinski definition) is 2. The average Bonchev–Trinajstić information content (AvgIpc) is 2.23. The number of benzene rings is 1. The van der Waals surface area contributed by atoms with E-state index >= 15 is 0 Å². The molecule has 4 nitrogen and oxygen atoms in total. The average molecular weight is 236 g/mol. The number of rotatable bonds is 5. The Bertz CT molecular complexity index is 391. The van der Waals surface area contributed by atoms with E-state index < -0.39 is 0 Å². The quantitative estimate of drug-likeness (QED) is 0.770. The van der Waals surface area contributed by atoms with Crippen molar-refractivity contribution in [2.24, 2.45) is 5.92 Å². The summed E-state index contributed by atoms with van der Waals surface area (Å²) in [5.41, 5.74) is 8.11. The van der Waals surface area contributed by atoms with Crippen molar-refractivity contribution in [1.82, 2.24) is 0 Å². The highest BCUT2D eigenvalue weighted by molar-refractivity contribution is 5.92. The molecule has 1 atom stereocenters. The first kappa shape index (κ1) is 13.5. The lowest BCUT2D eigenvalue weighted by atomic mass is 10.1. The van der Waals surface area contributed by atoms with E-state index in [-0.39, 0.29) is 11.8 Å². The zero-order chi connectivity index (χ0) is 12.8. The third kappa shape index (κ3) is 4.44. The summed E-state index contributed by atoms with van der Waals surface area (Å²) in [5, 5.41) is 2.87. The van der Waals surface area contributed by atoms with E-state index in [2.05, 4.69) is 5.32 Å². The number of nitrogens with two attached hydrogens (primary N) is 1. The van der Waals surface area contributed by atoms with Crippen LogP contribution in [-0.4, -0.2) is 19.6 Å². The minimum Gasteiger partial charge on any atom is -0.399 e. The molecule has 1 unspecified atom stereocenters. The van der Waals surface area contributed by atoms with Gasteiger partial charge in [-0.15, -0.1) is 0 Å². The molecule has 0 bridgehead atoms. The molecule has 1 amide bonds. The smallest absolute Gasteiger partial charge is 0.224 e. The SMILES string of the molecule is COCC(C)CC(=O)Nc1cc(N)ccc1C. The van der Waals surface area contributed by atoms with Crippen LogP contribution < -0.4 is 11.1 Å². The summed E-state index contributed by atoms with van der Waals surface area (Å²) < 4.78 is 5.00. The van der Waals surface area contributed by atoms with E-state index in [1.165, 1.54) is 0 Å². The van der Waals surface area contributed by atoms with Crippen LogP contribution in [0.3, 0.4) is 0 Å². The molecule has 0 fully saturated rings. The molecule has 0 heterocycles. The Labute approximate surface area is 102 Å². The second-order valence-electron chi connectivity index (χ2n) is 4.39. The summed E-state index contributed by atoms with van der Waals surface area (Å²) >= 11 is 0. The summed E-state index contributed by atoms with van der Waals surface area (Å²) in [5.74, 6) is 0.199. The lowest BCUT2D eigenvalue weighted by molar-refractivity contribution is -0.117. The van der Waals surface area contributed by atoms with Gasteiger partial charge in [0.1, 0.15) is 0 Å². The van der Waals surface area contributed by atoms with Crippen LogP contribution in [-0.2, 0) is 9.53 Å². The maximum atomic E-state index is 11.8. The number of nitrogen functional groups attached to an aromatic ring is 1. The number of aryl methyl sites for hydroxylation is 1. The Hall–Kier alpha value is -1.55. The van der Waals surface area contributed by atoms with E-state index in [4.69, 9.17) is 10.5 Å². The lowest BCUT2D eigenvalue weighted by Gasteiger charge is -2.12. The number of carbonyl (C=O) groups is 1. The second kappa shape index (κ2) is 6.25. The van der Waals surface area contributed by atoms with Gasteiger partial charge in [0.05, 0.1) is 0 Å². The minimum absolute atomic E-state index is 0.0109. The number of methoxy groups -OCH3 is 1. The molecule has 94 valence electrons. The number of nitrogens with one attached hydrogen (secondary N) is 1. The van der Waals surface area contributed by atoms with Gasteiger partial charge >= 0.3 is 0 Å². The number of hydrogen-bond acceptors (Lipinski definition) is 3. The fraction of sp³-hybridized carbons (Fsp3) is 0.462. The van der Waals surface area contributed by atoms with Crippen LogP contribution in [0.5, 0.6) is 0 Å². The normalized spacial score (nSPS) is 12.2. The Morgan fingerprint density at radius 2 is 2.24 bits per heavy atom. The first-order valence-corrected chi connectivity index (χ1v) is 5.68. The summed E-state index contributed by atoms with van der Waals surface area (Å²) in [6.45, 7) is 4.51. The van der Waals surface area contributed by atoms with Crippen molar-refractivity contribution in [2.75, 3.05) is 24.8 Å². The van der Waals surface area contributed by atoms with E-state index in [0.29, 0.717) is 18.7 Å². The first-order chi connectivity index (χ1) is 8.02. The molecule has 0 aliphatic carbocycles. The highest BCUT2D eigenvalue weighted by Crippen LogP contribution is 2.18. The predicted octanol–water partition coefficient (Wildman–Crippen LogP) is 2.19. The molecule has 0 aliphatic heterocycles. The Balaban J connectivity index is 2.58. The van der Waals surface area contributed by atoms with Crippen LogP contribution >= 0.6 is 0 Å². The van der Waals surface area contributed by atoms with Crippen molar-refractivity contribution in [3.05, 3.63) is 23.8 Å². The molecular formula is C13H20N2O2. The molecule has 4 heteroatoms. The molecule has 1 aromatic rings. The molecule has 1 aromatic carbocycles. The standard InChI is InChI=1S/C13H20N2O2/c1-9(8-17-3)6-13(16)15-12-7-11(14)5-4-10(12)2/h4-5,7,9H,6,8,14H2,1-3H3,(H,15,16). The molecule has 1 rings (SSSR count). The molecule has 0 saturated heterocycles. The molecule has 3 N–H and O–H groups in total. The largest absolute Gasteiger partial charge is 0.399 e. The van der Waals surface area contributed by atoms with Gasteiger partial charge in [-0.3, -0.25) is 4.79 Å². The van der Waals surface area contributed by atoms with Crippen molar-refractivity contribution < 1.29 is 9.53 Å². The van der Waals surface area contributed by atoms with Crippen LogP contribution in [0.25, 0.3) is 0 Å². The van der Waals surface area contributed by atoms with Crippen LogP contribution in [0.4, 0.5) is 11.4 Å². The monoisotopic (exact) mass is 236 g/mol. The summed E-state index contributed by atoms with van der Waals surface area (Å²) in [4.78, 5) is 11.8. The number of anilines is 2. The van der Waals surface area contributed by atoms with Crippen LogP contribution in [0.2, 0.25) is 0 Å². The van der Waals surface area contributed by atoms with Gasteiger partial charge in [-0.2, -0.15) is 0 Å². The van der Waals surface area contributed by atoms with Gasteiger partial charge in [-0.1, -0.05) is 13.0 Å². The number of ether oxygens (including phenoxy) is 1. The fourth-order valence-electron chi connectivity index (χ4n) is 1.64. The topological polar surface area (TPSA) is 64.3 Å². The Morgan fingerprint density at radius 3 is 2.88 bits per heavy atom. The van der Waals surface area contributed by atoms with Crippen molar-refractivity contribution in [2.45, 2.75) is 20.3 Å². The van der Waals surface area contributed by atoms with Gasteiger partial charge in [0.25, 0.3) is 0 Å². The molecule has 0 aliphatic rings. The van der Waals surface area contributed by atoms with Crippen LogP contribution in [0.15, 0.2) is 18.2 Å². The highest BCUT2D eigenvalue weighted by Gasteiger charge is 2.10. The zero-order valence-corrected chi connectivity index (χ0v) is 10.6. The summed E-state index contributed by atoms with van der Waals surface area (Å²) in [7, 11) is 1.64. The number of amides is 1.